The molecule has 3 aromatic rings. The van der Waals surface area contributed by atoms with E-state index in [-0.39, 0.29) is 18.2 Å². The van der Waals surface area contributed by atoms with E-state index in [4.69, 9.17) is 23.8 Å². The van der Waals surface area contributed by atoms with E-state index in [0.29, 0.717) is 21.5 Å². The lowest BCUT2D eigenvalue weighted by molar-refractivity contribution is 0.177. The minimum Gasteiger partial charge on any atom is -0.346 e. The molecule has 4 rings (SSSR count). The highest BCUT2D eigenvalue weighted by Gasteiger charge is 2.20. The van der Waals surface area contributed by atoms with Crippen molar-refractivity contribution in [1.29, 1.82) is 0 Å². The molecule has 1 N–H and O–H groups in total. The Morgan fingerprint density at radius 2 is 1.81 bits per heavy atom. The largest absolute Gasteiger partial charge is 0.346 e. The highest BCUT2D eigenvalue weighted by Crippen LogP contribution is 2.20. The van der Waals surface area contributed by atoms with Crippen molar-refractivity contribution in [1.82, 2.24) is 19.6 Å². The number of nitrogens with one attached hydrogen (secondary N) is 1. The fourth-order valence-electron chi connectivity index (χ4n) is 3.55. The van der Waals surface area contributed by atoms with E-state index in [1.54, 1.807) is 41.2 Å². The van der Waals surface area contributed by atoms with Gasteiger partial charge in [-0.2, -0.15) is 5.10 Å². The second kappa shape index (κ2) is 9.72. The first-order chi connectivity index (χ1) is 15.0. The second-order valence-electron chi connectivity index (χ2n) is 7.42. The summed E-state index contributed by atoms with van der Waals surface area (Å²) in [5.74, 6) is 0.0296. The molecule has 0 radical (unpaired) electrons. The van der Waals surface area contributed by atoms with Gasteiger partial charge in [0, 0.05) is 55.6 Å². The minimum atomic E-state index is -0.357. The van der Waals surface area contributed by atoms with Crippen LogP contribution in [-0.2, 0) is 13.1 Å². The van der Waals surface area contributed by atoms with Crippen molar-refractivity contribution < 1.29 is 8.78 Å². The zero-order valence-electron chi connectivity index (χ0n) is 16.8. The van der Waals surface area contributed by atoms with Gasteiger partial charge in [-0.3, -0.25) is 9.58 Å². The Kier molecular flexibility index (Phi) is 6.80. The SMILES string of the molecule is Fc1cccc(CN2CCN(C(=S)Nc3ccn(Cc4c(F)cccc4Cl)n3)CC2)c1. The van der Waals surface area contributed by atoms with Crippen LogP contribution < -0.4 is 5.32 Å². The Balaban J connectivity index is 1.28. The van der Waals surface area contributed by atoms with E-state index >= 15 is 0 Å². The summed E-state index contributed by atoms with van der Waals surface area (Å²) in [6, 6.07) is 13.1. The molecular formula is C22H22ClF2N5S. The lowest BCUT2D eigenvalue weighted by Gasteiger charge is -2.36. The van der Waals surface area contributed by atoms with E-state index in [1.165, 1.54) is 12.1 Å². The number of halogens is 3. The highest BCUT2D eigenvalue weighted by molar-refractivity contribution is 7.80. The molecule has 2 heterocycles. The van der Waals surface area contributed by atoms with Gasteiger partial charge in [0.25, 0.3) is 0 Å². The quantitative estimate of drug-likeness (QED) is 0.571. The van der Waals surface area contributed by atoms with Crippen LogP contribution in [0.5, 0.6) is 0 Å². The number of rotatable bonds is 5. The third-order valence-electron chi connectivity index (χ3n) is 5.21. The first-order valence-electron chi connectivity index (χ1n) is 9.97. The Labute approximate surface area is 190 Å². The van der Waals surface area contributed by atoms with Crippen LogP contribution in [-0.4, -0.2) is 50.9 Å². The lowest BCUT2D eigenvalue weighted by atomic mass is 10.2. The zero-order chi connectivity index (χ0) is 21.8. The Morgan fingerprint density at radius 3 is 2.55 bits per heavy atom. The van der Waals surface area contributed by atoms with Crippen molar-refractivity contribution in [2.45, 2.75) is 13.1 Å². The van der Waals surface area contributed by atoms with Gasteiger partial charge in [0.1, 0.15) is 11.6 Å². The predicted molar refractivity (Wildman–Crippen MR) is 122 cm³/mol. The topological polar surface area (TPSA) is 36.3 Å². The maximum atomic E-state index is 14.0. The fraction of sp³-hybridized carbons (Fsp3) is 0.273. The summed E-state index contributed by atoms with van der Waals surface area (Å²) in [7, 11) is 0. The van der Waals surface area contributed by atoms with Crippen molar-refractivity contribution in [3.05, 3.63) is 82.5 Å². The van der Waals surface area contributed by atoms with Gasteiger partial charge in [0.15, 0.2) is 10.9 Å². The predicted octanol–water partition coefficient (Wildman–Crippen LogP) is 4.38. The number of hydrogen-bond acceptors (Lipinski definition) is 3. The number of anilines is 1. The molecule has 0 spiro atoms. The molecule has 1 aliphatic rings. The maximum Gasteiger partial charge on any atom is 0.174 e. The van der Waals surface area contributed by atoms with Crippen LogP contribution in [0.2, 0.25) is 5.02 Å². The highest BCUT2D eigenvalue weighted by atomic mass is 35.5. The molecule has 0 unspecified atom stereocenters. The van der Waals surface area contributed by atoms with Crippen molar-refractivity contribution in [3.8, 4) is 0 Å². The van der Waals surface area contributed by atoms with Crippen LogP contribution in [0.4, 0.5) is 14.6 Å². The third kappa shape index (κ3) is 5.58. The molecule has 0 saturated carbocycles. The number of thiocarbonyl (C=S) groups is 1. The van der Waals surface area contributed by atoms with Gasteiger partial charge < -0.3 is 10.2 Å². The third-order valence-corrected chi connectivity index (χ3v) is 5.93. The number of piperazine rings is 1. The maximum absolute atomic E-state index is 14.0. The molecule has 5 nitrogen and oxygen atoms in total. The number of nitrogens with zero attached hydrogens (tertiary/aromatic N) is 4. The Hall–Kier alpha value is -2.55. The average molecular weight is 462 g/mol. The molecule has 162 valence electrons. The van der Waals surface area contributed by atoms with Gasteiger partial charge in [-0.15, -0.1) is 0 Å². The van der Waals surface area contributed by atoms with Crippen LogP contribution in [0.15, 0.2) is 54.7 Å². The van der Waals surface area contributed by atoms with E-state index in [2.05, 4.69) is 20.2 Å². The second-order valence-corrected chi connectivity index (χ2v) is 8.22. The van der Waals surface area contributed by atoms with Crippen LogP contribution in [0.3, 0.4) is 0 Å². The standard InChI is InChI=1S/C22H22ClF2N5S/c23-19-5-2-6-20(25)18(19)15-30-8-7-21(27-30)26-22(31)29-11-9-28(10-12-29)14-16-3-1-4-17(24)13-16/h1-8,13H,9-12,14-15H2,(H,26,27,31). The fourth-order valence-corrected chi connectivity index (χ4v) is 4.06. The van der Waals surface area contributed by atoms with Crippen molar-refractivity contribution in [2.75, 3.05) is 31.5 Å². The van der Waals surface area contributed by atoms with Crippen LogP contribution in [0.25, 0.3) is 0 Å². The molecule has 0 amide bonds. The summed E-state index contributed by atoms with van der Waals surface area (Å²) in [6.07, 6.45) is 1.75. The molecule has 0 aliphatic carbocycles. The van der Waals surface area contributed by atoms with Gasteiger partial charge in [-0.25, -0.2) is 8.78 Å². The summed E-state index contributed by atoms with van der Waals surface area (Å²) in [4.78, 5) is 4.37. The first kappa shape index (κ1) is 21.7. The molecule has 9 heteroatoms. The minimum absolute atomic E-state index is 0.210. The lowest BCUT2D eigenvalue weighted by Crippen LogP contribution is -2.49. The number of benzene rings is 2. The molecule has 2 aromatic carbocycles. The molecule has 1 fully saturated rings. The summed E-state index contributed by atoms with van der Waals surface area (Å²) in [6.45, 7) is 4.16. The van der Waals surface area contributed by atoms with Gasteiger partial charge in [-0.05, 0) is 42.0 Å². The molecule has 0 atom stereocenters. The van der Waals surface area contributed by atoms with Crippen molar-refractivity contribution in [3.63, 3.8) is 0 Å². The van der Waals surface area contributed by atoms with E-state index in [1.807, 2.05) is 6.07 Å². The van der Waals surface area contributed by atoms with Gasteiger partial charge in [0.05, 0.1) is 6.54 Å². The van der Waals surface area contributed by atoms with Crippen LogP contribution in [0, 0.1) is 11.6 Å². The molecule has 31 heavy (non-hydrogen) atoms. The van der Waals surface area contributed by atoms with E-state index in [9.17, 15) is 8.78 Å². The molecular weight excluding hydrogens is 440 g/mol. The Bertz CT molecular complexity index is 1050. The van der Waals surface area contributed by atoms with Crippen LogP contribution in [0.1, 0.15) is 11.1 Å². The van der Waals surface area contributed by atoms with Crippen molar-refractivity contribution in [2.24, 2.45) is 0 Å². The normalized spacial score (nSPS) is 14.6. The van der Waals surface area contributed by atoms with Crippen molar-refractivity contribution >= 4 is 34.7 Å². The summed E-state index contributed by atoms with van der Waals surface area (Å²) < 4.78 is 29.0. The molecule has 1 aliphatic heterocycles. The zero-order valence-corrected chi connectivity index (χ0v) is 18.3. The smallest absolute Gasteiger partial charge is 0.174 e. The van der Waals surface area contributed by atoms with Gasteiger partial charge in [0.2, 0.25) is 0 Å². The number of hydrogen-bond donors (Lipinski definition) is 1. The first-order valence-corrected chi connectivity index (χ1v) is 10.8. The molecule has 1 aromatic heterocycles. The van der Waals surface area contributed by atoms with E-state index in [0.717, 1.165) is 38.3 Å². The molecule has 1 saturated heterocycles. The Morgan fingerprint density at radius 1 is 1.03 bits per heavy atom. The monoisotopic (exact) mass is 461 g/mol. The van der Waals surface area contributed by atoms with Crippen LogP contribution >= 0.6 is 23.8 Å². The number of aromatic nitrogens is 2. The van der Waals surface area contributed by atoms with Gasteiger partial charge in [-0.1, -0.05) is 29.8 Å². The van der Waals surface area contributed by atoms with E-state index < -0.39 is 0 Å². The summed E-state index contributed by atoms with van der Waals surface area (Å²) in [5, 5.41) is 8.54. The average Bonchev–Trinajstić information content (AvgIpc) is 3.18. The molecule has 0 bridgehead atoms. The summed E-state index contributed by atoms with van der Waals surface area (Å²) in [5.41, 5.74) is 1.37. The summed E-state index contributed by atoms with van der Waals surface area (Å²) >= 11 is 11.6. The van der Waals surface area contributed by atoms with Gasteiger partial charge >= 0.3 is 0 Å².